The van der Waals surface area contributed by atoms with Crippen molar-refractivity contribution in [3.05, 3.63) is 6.42 Å². The Bertz CT molecular complexity index is 76.1. The second-order valence-corrected chi connectivity index (χ2v) is 3.88. The zero-order valence-electron chi connectivity index (χ0n) is 9.10. The zero-order valence-corrected chi connectivity index (χ0v) is 9.10. The fourth-order valence-corrected chi connectivity index (χ4v) is 1.29. The second kappa shape index (κ2) is 9.09. The van der Waals surface area contributed by atoms with E-state index in [0.717, 1.165) is 5.92 Å². The van der Waals surface area contributed by atoms with E-state index in [1.54, 1.807) is 0 Å². The highest BCUT2D eigenvalue weighted by Gasteiger charge is 1.97. The highest BCUT2D eigenvalue weighted by Crippen LogP contribution is 2.13. The Labute approximate surface area is 78.8 Å². The lowest BCUT2D eigenvalue weighted by molar-refractivity contribution is 0.507. The van der Waals surface area contributed by atoms with Crippen molar-refractivity contribution >= 4 is 0 Å². The molecule has 1 radical (unpaired) electrons. The molecule has 0 amide bonds. The van der Waals surface area contributed by atoms with Crippen LogP contribution in [-0.2, 0) is 0 Å². The van der Waals surface area contributed by atoms with E-state index < -0.39 is 0 Å². The van der Waals surface area contributed by atoms with E-state index in [9.17, 15) is 0 Å². The molecule has 0 aliphatic rings. The SMILES string of the molecule is CCCCC[CH]CCC(C)CC. The number of rotatable bonds is 8. The molecule has 1 unspecified atom stereocenters. The molecule has 0 saturated heterocycles. The van der Waals surface area contributed by atoms with Crippen LogP contribution >= 0.6 is 0 Å². The minimum atomic E-state index is 0.924. The van der Waals surface area contributed by atoms with Gasteiger partial charge in [-0.1, -0.05) is 59.3 Å². The van der Waals surface area contributed by atoms with Gasteiger partial charge < -0.3 is 0 Å². The van der Waals surface area contributed by atoms with Gasteiger partial charge in [-0.25, -0.2) is 0 Å². The minimum absolute atomic E-state index is 0.924. The molecule has 12 heavy (non-hydrogen) atoms. The Morgan fingerprint density at radius 1 is 1.08 bits per heavy atom. The summed E-state index contributed by atoms with van der Waals surface area (Å²) in [7, 11) is 0. The van der Waals surface area contributed by atoms with Gasteiger partial charge in [-0.05, 0) is 18.8 Å². The normalized spacial score (nSPS) is 13.2. The molecule has 0 saturated carbocycles. The first kappa shape index (κ1) is 12.0. The van der Waals surface area contributed by atoms with Crippen molar-refractivity contribution < 1.29 is 0 Å². The van der Waals surface area contributed by atoms with E-state index in [-0.39, 0.29) is 0 Å². The number of hydrogen-bond acceptors (Lipinski definition) is 0. The van der Waals surface area contributed by atoms with Crippen LogP contribution < -0.4 is 0 Å². The summed E-state index contributed by atoms with van der Waals surface area (Å²) in [5.41, 5.74) is 0. The third-order valence-corrected chi connectivity index (χ3v) is 2.57. The van der Waals surface area contributed by atoms with Gasteiger partial charge in [0.15, 0.2) is 0 Å². The maximum atomic E-state index is 2.47. The van der Waals surface area contributed by atoms with Crippen LogP contribution in [0, 0.1) is 12.3 Å². The van der Waals surface area contributed by atoms with Gasteiger partial charge in [-0.3, -0.25) is 0 Å². The Morgan fingerprint density at radius 2 is 1.83 bits per heavy atom. The van der Waals surface area contributed by atoms with Gasteiger partial charge in [0.2, 0.25) is 0 Å². The predicted molar refractivity (Wildman–Crippen MR) is 57.1 cm³/mol. The van der Waals surface area contributed by atoms with Crippen molar-refractivity contribution in [2.24, 2.45) is 5.92 Å². The zero-order chi connectivity index (χ0) is 9.23. The molecule has 0 aliphatic carbocycles. The Balaban J connectivity index is 2.90. The first-order chi connectivity index (χ1) is 5.81. The molecule has 0 fully saturated rings. The molecule has 0 spiro atoms. The third-order valence-electron chi connectivity index (χ3n) is 2.57. The third kappa shape index (κ3) is 8.10. The maximum Gasteiger partial charge on any atom is -0.0386 e. The summed E-state index contributed by atoms with van der Waals surface area (Å²) in [5.74, 6) is 0.924. The summed E-state index contributed by atoms with van der Waals surface area (Å²) < 4.78 is 0. The lowest BCUT2D eigenvalue weighted by atomic mass is 10.00. The van der Waals surface area contributed by atoms with Gasteiger partial charge in [-0.15, -0.1) is 0 Å². The van der Waals surface area contributed by atoms with Crippen molar-refractivity contribution in [1.82, 2.24) is 0 Å². The average molecular weight is 169 g/mol. The van der Waals surface area contributed by atoms with Gasteiger partial charge in [0.25, 0.3) is 0 Å². The van der Waals surface area contributed by atoms with E-state index in [1.165, 1.54) is 44.9 Å². The maximum absolute atomic E-state index is 2.47. The summed E-state index contributed by atoms with van der Waals surface area (Å²) in [5, 5.41) is 0. The van der Waals surface area contributed by atoms with Crippen molar-refractivity contribution in [3.8, 4) is 0 Å². The molecule has 0 bridgehead atoms. The van der Waals surface area contributed by atoms with Gasteiger partial charge >= 0.3 is 0 Å². The molecule has 73 valence electrons. The molecule has 0 heterocycles. The van der Waals surface area contributed by atoms with Gasteiger partial charge in [0.05, 0.1) is 0 Å². The van der Waals surface area contributed by atoms with Crippen LogP contribution in [0.4, 0.5) is 0 Å². The summed E-state index contributed by atoms with van der Waals surface area (Å²) in [6, 6.07) is 0. The first-order valence-corrected chi connectivity index (χ1v) is 5.62. The second-order valence-electron chi connectivity index (χ2n) is 3.88. The van der Waals surface area contributed by atoms with Crippen LogP contribution in [0.2, 0.25) is 0 Å². The summed E-state index contributed by atoms with van der Waals surface area (Å²) in [6.07, 6.45) is 12.0. The molecule has 0 heteroatoms. The summed E-state index contributed by atoms with van der Waals surface area (Å²) in [6.45, 7) is 6.89. The molecule has 0 rings (SSSR count). The van der Waals surface area contributed by atoms with Crippen LogP contribution in [0.25, 0.3) is 0 Å². The smallest absolute Gasteiger partial charge is 0.0386 e. The first-order valence-electron chi connectivity index (χ1n) is 5.62. The number of unbranched alkanes of at least 4 members (excludes halogenated alkanes) is 5. The highest BCUT2D eigenvalue weighted by molar-refractivity contribution is 4.66. The molecule has 0 aromatic rings. The average Bonchev–Trinajstić information content (AvgIpc) is 2.10. The molecule has 0 nitrogen and oxygen atoms in total. The van der Waals surface area contributed by atoms with Gasteiger partial charge in [0.1, 0.15) is 0 Å². The lowest BCUT2D eigenvalue weighted by Gasteiger charge is -2.06. The fourth-order valence-electron chi connectivity index (χ4n) is 1.29. The van der Waals surface area contributed by atoms with Crippen molar-refractivity contribution in [2.75, 3.05) is 0 Å². The van der Waals surface area contributed by atoms with Gasteiger partial charge in [-0.2, -0.15) is 0 Å². The van der Waals surface area contributed by atoms with E-state index in [2.05, 4.69) is 27.2 Å². The Morgan fingerprint density at radius 3 is 2.42 bits per heavy atom. The molecular formula is C12H25. The summed E-state index contributed by atoms with van der Waals surface area (Å²) >= 11 is 0. The van der Waals surface area contributed by atoms with Crippen LogP contribution in [0.15, 0.2) is 0 Å². The van der Waals surface area contributed by atoms with Crippen molar-refractivity contribution in [3.63, 3.8) is 0 Å². The Kier molecular flexibility index (Phi) is 9.09. The molecule has 0 aliphatic heterocycles. The van der Waals surface area contributed by atoms with Crippen LogP contribution in [0.5, 0.6) is 0 Å². The monoisotopic (exact) mass is 169 g/mol. The fraction of sp³-hybridized carbons (Fsp3) is 0.917. The minimum Gasteiger partial charge on any atom is -0.0654 e. The van der Waals surface area contributed by atoms with Gasteiger partial charge in [0, 0.05) is 0 Å². The molecule has 1 atom stereocenters. The van der Waals surface area contributed by atoms with E-state index >= 15 is 0 Å². The van der Waals surface area contributed by atoms with Crippen molar-refractivity contribution in [1.29, 1.82) is 0 Å². The summed E-state index contributed by atoms with van der Waals surface area (Å²) in [4.78, 5) is 0. The largest absolute Gasteiger partial charge is 0.0654 e. The van der Waals surface area contributed by atoms with E-state index in [1.807, 2.05) is 0 Å². The number of hydrogen-bond donors (Lipinski definition) is 0. The molecule has 0 aromatic heterocycles. The standard InChI is InChI=1S/C12H25/c1-4-6-7-8-9-10-11-12(3)5-2/h9,12H,4-8,10-11H2,1-3H3. The van der Waals surface area contributed by atoms with Crippen molar-refractivity contribution in [2.45, 2.75) is 65.7 Å². The quantitative estimate of drug-likeness (QED) is 0.466. The topological polar surface area (TPSA) is 0 Å². The Hall–Kier alpha value is 0. The van der Waals surface area contributed by atoms with Crippen LogP contribution in [-0.4, -0.2) is 0 Å². The predicted octanol–water partition coefficient (Wildman–Crippen LogP) is 4.60. The molecule has 0 aromatic carbocycles. The van der Waals surface area contributed by atoms with E-state index in [0.29, 0.717) is 0 Å². The highest BCUT2D eigenvalue weighted by atomic mass is 14.0. The molecule has 0 N–H and O–H groups in total. The van der Waals surface area contributed by atoms with Crippen LogP contribution in [0.1, 0.15) is 65.7 Å². The lowest BCUT2D eigenvalue weighted by Crippen LogP contribution is -1.91. The van der Waals surface area contributed by atoms with Crippen LogP contribution in [0.3, 0.4) is 0 Å². The van der Waals surface area contributed by atoms with E-state index in [4.69, 9.17) is 0 Å². The molecular weight excluding hydrogens is 144 g/mol.